The summed E-state index contributed by atoms with van der Waals surface area (Å²) in [7, 11) is 0. The summed E-state index contributed by atoms with van der Waals surface area (Å²) < 4.78 is 32.5. The maximum Gasteiger partial charge on any atom is 0.127 e. The van der Waals surface area contributed by atoms with E-state index in [1.54, 1.807) is 6.20 Å². The predicted molar refractivity (Wildman–Crippen MR) is 68.9 cm³/mol. The molecule has 6 heteroatoms. The number of rotatable bonds is 3. The standard InChI is InChI=1S/C14H15F2N3O/c15-11-1-2-12(16)10(7-11)8-19-5-6-20-9-14(19)13-3-4-17-18-13/h1-4,7,14H,5-6,8-9H2,(H,17,18)/t14-/m0/s1. The summed E-state index contributed by atoms with van der Waals surface area (Å²) in [5, 5.41) is 6.84. The average Bonchev–Trinajstić information content (AvgIpc) is 2.97. The second-order valence-corrected chi connectivity index (χ2v) is 4.81. The molecule has 0 aliphatic carbocycles. The SMILES string of the molecule is Fc1ccc(F)c(CN2CCOC[C@H]2c2ccn[nH]2)c1. The molecule has 106 valence electrons. The van der Waals surface area contributed by atoms with E-state index in [-0.39, 0.29) is 11.9 Å². The molecule has 3 rings (SSSR count). The first-order valence-electron chi connectivity index (χ1n) is 6.49. The van der Waals surface area contributed by atoms with Gasteiger partial charge in [0.15, 0.2) is 0 Å². The van der Waals surface area contributed by atoms with E-state index in [2.05, 4.69) is 15.1 Å². The van der Waals surface area contributed by atoms with Crippen molar-refractivity contribution in [3.8, 4) is 0 Å². The molecule has 4 nitrogen and oxygen atoms in total. The Morgan fingerprint density at radius 1 is 1.35 bits per heavy atom. The number of nitrogens with one attached hydrogen (secondary N) is 1. The second-order valence-electron chi connectivity index (χ2n) is 4.81. The molecule has 1 saturated heterocycles. The monoisotopic (exact) mass is 279 g/mol. The number of nitrogens with zero attached hydrogens (tertiary/aromatic N) is 2. The lowest BCUT2D eigenvalue weighted by Gasteiger charge is -2.34. The van der Waals surface area contributed by atoms with E-state index in [1.165, 1.54) is 6.07 Å². The largest absolute Gasteiger partial charge is 0.378 e. The van der Waals surface area contributed by atoms with Gasteiger partial charge in [-0.2, -0.15) is 5.10 Å². The van der Waals surface area contributed by atoms with Gasteiger partial charge in [0.05, 0.1) is 24.9 Å². The van der Waals surface area contributed by atoms with Crippen molar-refractivity contribution in [2.45, 2.75) is 12.6 Å². The number of benzene rings is 1. The van der Waals surface area contributed by atoms with Gasteiger partial charge in [0.2, 0.25) is 0 Å². The minimum absolute atomic E-state index is 0.0195. The first-order chi connectivity index (χ1) is 9.74. The molecule has 1 atom stereocenters. The van der Waals surface area contributed by atoms with E-state index < -0.39 is 5.82 Å². The first-order valence-corrected chi connectivity index (χ1v) is 6.49. The Hall–Kier alpha value is -1.79. The molecule has 1 aliphatic heterocycles. The van der Waals surface area contributed by atoms with Gasteiger partial charge >= 0.3 is 0 Å². The van der Waals surface area contributed by atoms with Crippen molar-refractivity contribution < 1.29 is 13.5 Å². The average molecular weight is 279 g/mol. The van der Waals surface area contributed by atoms with Crippen molar-refractivity contribution in [2.24, 2.45) is 0 Å². The van der Waals surface area contributed by atoms with E-state index in [0.29, 0.717) is 31.9 Å². The Kier molecular flexibility index (Phi) is 3.75. The molecule has 0 amide bonds. The summed E-state index contributed by atoms with van der Waals surface area (Å²) in [5.41, 5.74) is 1.28. The van der Waals surface area contributed by atoms with Crippen LogP contribution in [0.2, 0.25) is 0 Å². The number of halogens is 2. The highest BCUT2D eigenvalue weighted by atomic mass is 19.1. The molecule has 0 radical (unpaired) electrons. The summed E-state index contributed by atoms with van der Waals surface area (Å²) >= 11 is 0. The van der Waals surface area contributed by atoms with Crippen molar-refractivity contribution in [3.05, 3.63) is 53.4 Å². The Morgan fingerprint density at radius 2 is 2.25 bits per heavy atom. The number of hydrogen-bond acceptors (Lipinski definition) is 3. The van der Waals surface area contributed by atoms with Crippen LogP contribution in [-0.2, 0) is 11.3 Å². The van der Waals surface area contributed by atoms with Crippen molar-refractivity contribution in [1.82, 2.24) is 15.1 Å². The van der Waals surface area contributed by atoms with E-state index in [9.17, 15) is 8.78 Å². The second kappa shape index (κ2) is 5.68. The van der Waals surface area contributed by atoms with Crippen LogP contribution in [0.25, 0.3) is 0 Å². The fourth-order valence-corrected chi connectivity index (χ4v) is 2.45. The first kappa shape index (κ1) is 13.2. The summed E-state index contributed by atoms with van der Waals surface area (Å²) in [5.74, 6) is -0.811. The zero-order chi connectivity index (χ0) is 13.9. The third-order valence-corrected chi connectivity index (χ3v) is 3.50. The number of aromatic nitrogens is 2. The number of ether oxygens (including phenoxy) is 1. The molecule has 1 aliphatic rings. The smallest absolute Gasteiger partial charge is 0.127 e. The predicted octanol–water partition coefficient (Wildman–Crippen LogP) is 2.26. The lowest BCUT2D eigenvalue weighted by Crippen LogP contribution is -2.39. The van der Waals surface area contributed by atoms with Gasteiger partial charge in [-0.05, 0) is 24.3 Å². The fourth-order valence-electron chi connectivity index (χ4n) is 2.45. The van der Waals surface area contributed by atoms with Gasteiger partial charge in [-0.15, -0.1) is 0 Å². The molecular formula is C14H15F2N3O. The number of aromatic amines is 1. The normalized spacial score (nSPS) is 20.2. The maximum absolute atomic E-state index is 13.7. The molecule has 20 heavy (non-hydrogen) atoms. The van der Waals surface area contributed by atoms with Gasteiger partial charge in [-0.1, -0.05) is 0 Å². The van der Waals surface area contributed by atoms with Crippen LogP contribution in [0.4, 0.5) is 8.78 Å². The van der Waals surface area contributed by atoms with Crippen LogP contribution in [-0.4, -0.2) is 34.9 Å². The highest BCUT2D eigenvalue weighted by Gasteiger charge is 2.26. The van der Waals surface area contributed by atoms with E-state index >= 15 is 0 Å². The molecule has 1 aromatic carbocycles. The van der Waals surface area contributed by atoms with Gasteiger partial charge in [0.25, 0.3) is 0 Å². The number of hydrogen-bond donors (Lipinski definition) is 1. The molecule has 1 aromatic heterocycles. The maximum atomic E-state index is 13.7. The quantitative estimate of drug-likeness (QED) is 0.937. The van der Waals surface area contributed by atoms with Gasteiger partial charge in [0, 0.05) is 24.8 Å². The van der Waals surface area contributed by atoms with Crippen LogP contribution in [0.5, 0.6) is 0 Å². The third kappa shape index (κ3) is 2.71. The lowest BCUT2D eigenvalue weighted by molar-refractivity contribution is -0.0147. The fraction of sp³-hybridized carbons (Fsp3) is 0.357. The van der Waals surface area contributed by atoms with Crippen LogP contribution in [0.15, 0.2) is 30.5 Å². The lowest BCUT2D eigenvalue weighted by atomic mass is 10.1. The number of H-pyrrole nitrogens is 1. The van der Waals surface area contributed by atoms with Crippen molar-refractivity contribution >= 4 is 0 Å². The summed E-state index contributed by atoms with van der Waals surface area (Å²) in [6.45, 7) is 2.11. The van der Waals surface area contributed by atoms with Crippen LogP contribution < -0.4 is 0 Å². The van der Waals surface area contributed by atoms with Gasteiger partial charge in [-0.3, -0.25) is 10.00 Å². The minimum atomic E-state index is -0.423. The van der Waals surface area contributed by atoms with Gasteiger partial charge in [-0.25, -0.2) is 8.78 Å². The van der Waals surface area contributed by atoms with E-state index in [4.69, 9.17) is 4.74 Å². The Balaban J connectivity index is 1.82. The molecule has 0 bridgehead atoms. The van der Waals surface area contributed by atoms with Crippen molar-refractivity contribution in [1.29, 1.82) is 0 Å². The topological polar surface area (TPSA) is 41.1 Å². The molecular weight excluding hydrogens is 264 g/mol. The molecule has 2 aromatic rings. The van der Waals surface area contributed by atoms with Gasteiger partial charge in [0.1, 0.15) is 11.6 Å². The molecule has 1 N–H and O–H groups in total. The zero-order valence-electron chi connectivity index (χ0n) is 10.9. The van der Waals surface area contributed by atoms with Crippen LogP contribution in [0, 0.1) is 11.6 Å². The highest BCUT2D eigenvalue weighted by molar-refractivity contribution is 5.19. The van der Waals surface area contributed by atoms with Crippen molar-refractivity contribution in [3.63, 3.8) is 0 Å². The summed E-state index contributed by atoms with van der Waals surface area (Å²) in [6, 6.07) is 5.39. The van der Waals surface area contributed by atoms with Crippen LogP contribution in [0.1, 0.15) is 17.3 Å². The number of morpholine rings is 1. The Bertz CT molecular complexity index is 574. The van der Waals surface area contributed by atoms with E-state index in [1.807, 2.05) is 6.07 Å². The zero-order valence-corrected chi connectivity index (χ0v) is 10.9. The summed E-state index contributed by atoms with van der Waals surface area (Å²) in [6.07, 6.45) is 1.67. The van der Waals surface area contributed by atoms with Gasteiger partial charge < -0.3 is 4.74 Å². The van der Waals surface area contributed by atoms with Crippen LogP contribution >= 0.6 is 0 Å². The van der Waals surface area contributed by atoms with Crippen molar-refractivity contribution in [2.75, 3.05) is 19.8 Å². The molecule has 0 unspecified atom stereocenters. The van der Waals surface area contributed by atoms with E-state index in [0.717, 1.165) is 17.8 Å². The Morgan fingerprint density at radius 3 is 3.05 bits per heavy atom. The Labute approximate surface area is 115 Å². The highest BCUT2D eigenvalue weighted by Crippen LogP contribution is 2.25. The molecule has 0 saturated carbocycles. The molecule has 0 spiro atoms. The molecule has 2 heterocycles. The molecule has 1 fully saturated rings. The summed E-state index contributed by atoms with van der Waals surface area (Å²) in [4.78, 5) is 2.06. The van der Waals surface area contributed by atoms with Crippen LogP contribution in [0.3, 0.4) is 0 Å². The minimum Gasteiger partial charge on any atom is -0.378 e. The third-order valence-electron chi connectivity index (χ3n) is 3.50.